The van der Waals surface area contributed by atoms with Gasteiger partial charge in [-0.25, -0.2) is 0 Å². The molecule has 2 unspecified atom stereocenters. The van der Waals surface area contributed by atoms with E-state index >= 15 is 0 Å². The number of nitrogens with zero attached hydrogens (tertiary/aromatic N) is 1. The number of likely N-dealkylation sites (tertiary alicyclic amines) is 1. The number of benzene rings is 1. The summed E-state index contributed by atoms with van der Waals surface area (Å²) in [4.78, 5) is 23.9. The Kier molecular flexibility index (Phi) is 3.13. The molecule has 0 saturated carbocycles. The van der Waals surface area contributed by atoms with E-state index < -0.39 is 5.97 Å². The summed E-state index contributed by atoms with van der Waals surface area (Å²) >= 11 is 0. The van der Waals surface area contributed by atoms with Crippen molar-refractivity contribution in [1.29, 1.82) is 0 Å². The molecule has 4 nitrogen and oxygen atoms in total. The summed E-state index contributed by atoms with van der Waals surface area (Å²) in [5, 5.41) is 8.77. The third-order valence-corrected chi connectivity index (χ3v) is 3.32. The number of carboxylic acids is 1. The highest BCUT2D eigenvalue weighted by molar-refractivity contribution is 5.84. The molecule has 17 heavy (non-hydrogen) atoms. The Labute approximate surface area is 99.9 Å². The first-order chi connectivity index (χ1) is 8.09. The zero-order valence-electron chi connectivity index (χ0n) is 9.67. The Morgan fingerprint density at radius 2 is 2.06 bits per heavy atom. The predicted molar refractivity (Wildman–Crippen MR) is 62.6 cm³/mol. The maximum absolute atomic E-state index is 11.8. The van der Waals surface area contributed by atoms with Crippen molar-refractivity contribution < 1.29 is 14.7 Å². The van der Waals surface area contributed by atoms with Crippen LogP contribution in [0.2, 0.25) is 0 Å². The highest BCUT2D eigenvalue weighted by atomic mass is 16.4. The summed E-state index contributed by atoms with van der Waals surface area (Å²) < 4.78 is 0. The number of carbonyl (C=O) groups excluding carboxylic acids is 1. The number of carboxylic acid groups (broad SMARTS) is 1. The number of hydrogen-bond acceptors (Lipinski definition) is 2. The van der Waals surface area contributed by atoms with Crippen molar-refractivity contribution in [3.05, 3.63) is 35.9 Å². The summed E-state index contributed by atoms with van der Waals surface area (Å²) in [6.45, 7) is 1.70. The van der Waals surface area contributed by atoms with E-state index in [9.17, 15) is 9.59 Å². The summed E-state index contributed by atoms with van der Waals surface area (Å²) in [6.07, 6.45) is 0.401. The van der Waals surface area contributed by atoms with Crippen molar-refractivity contribution in [3.8, 4) is 0 Å². The molecule has 1 heterocycles. The fraction of sp³-hybridized carbons (Fsp3) is 0.385. The Balaban J connectivity index is 2.18. The van der Waals surface area contributed by atoms with E-state index in [0.29, 0.717) is 6.42 Å². The standard InChI is InChI=1S/C13H15NO3/c1-9-11(10-5-3-2-4-6-10)7-12(15)14(9)8-13(16)17/h2-6,9,11H,7-8H2,1H3,(H,16,17). The Bertz CT molecular complexity index is 430. The van der Waals surface area contributed by atoms with Crippen LogP contribution in [0.4, 0.5) is 0 Å². The van der Waals surface area contributed by atoms with Gasteiger partial charge in [0.1, 0.15) is 6.54 Å². The second-order valence-electron chi connectivity index (χ2n) is 4.38. The van der Waals surface area contributed by atoms with Crippen LogP contribution in [0.15, 0.2) is 30.3 Å². The SMILES string of the molecule is CC1C(c2ccccc2)CC(=O)N1CC(=O)O. The molecular weight excluding hydrogens is 218 g/mol. The molecule has 1 aliphatic rings. The number of aliphatic carboxylic acids is 1. The summed E-state index contributed by atoms with van der Waals surface area (Å²) in [7, 11) is 0. The van der Waals surface area contributed by atoms with Crippen LogP contribution in [0, 0.1) is 0 Å². The van der Waals surface area contributed by atoms with Crippen LogP contribution < -0.4 is 0 Å². The molecular formula is C13H15NO3. The maximum Gasteiger partial charge on any atom is 0.323 e. The largest absolute Gasteiger partial charge is 0.480 e. The molecule has 1 N–H and O–H groups in total. The molecule has 4 heteroatoms. The third kappa shape index (κ3) is 2.30. The molecule has 0 radical (unpaired) electrons. The van der Waals surface area contributed by atoms with Crippen molar-refractivity contribution in [2.75, 3.05) is 6.54 Å². The molecule has 0 aliphatic carbocycles. The van der Waals surface area contributed by atoms with E-state index in [0.717, 1.165) is 5.56 Å². The van der Waals surface area contributed by atoms with E-state index in [2.05, 4.69) is 0 Å². The van der Waals surface area contributed by atoms with Crippen LogP contribution >= 0.6 is 0 Å². The van der Waals surface area contributed by atoms with Gasteiger partial charge in [0.05, 0.1) is 0 Å². The first-order valence-electron chi connectivity index (χ1n) is 5.66. The molecule has 0 spiro atoms. The van der Waals surface area contributed by atoms with Gasteiger partial charge in [-0.15, -0.1) is 0 Å². The smallest absolute Gasteiger partial charge is 0.323 e. The normalized spacial score (nSPS) is 24.1. The van der Waals surface area contributed by atoms with Gasteiger partial charge in [0.25, 0.3) is 0 Å². The maximum atomic E-state index is 11.8. The van der Waals surface area contributed by atoms with E-state index in [1.807, 2.05) is 37.3 Å². The highest BCUT2D eigenvalue weighted by Gasteiger charge is 2.38. The van der Waals surface area contributed by atoms with E-state index in [-0.39, 0.29) is 24.4 Å². The number of rotatable bonds is 3. The summed E-state index contributed by atoms with van der Waals surface area (Å²) in [6, 6.07) is 9.72. The number of carbonyl (C=O) groups is 2. The molecule has 2 rings (SSSR count). The van der Waals surface area contributed by atoms with Crippen molar-refractivity contribution in [1.82, 2.24) is 4.90 Å². The van der Waals surface area contributed by atoms with Gasteiger partial charge in [-0.3, -0.25) is 9.59 Å². The fourth-order valence-electron chi connectivity index (χ4n) is 2.39. The summed E-state index contributed by atoms with van der Waals surface area (Å²) in [5.41, 5.74) is 1.10. The average molecular weight is 233 g/mol. The predicted octanol–water partition coefficient (Wildman–Crippen LogP) is 1.48. The molecule has 2 atom stereocenters. The minimum absolute atomic E-state index is 0.0546. The zero-order valence-corrected chi connectivity index (χ0v) is 9.67. The van der Waals surface area contributed by atoms with Gasteiger partial charge in [-0.1, -0.05) is 30.3 Å². The lowest BCUT2D eigenvalue weighted by molar-refractivity contribution is -0.143. The molecule has 1 fully saturated rings. The van der Waals surface area contributed by atoms with Crippen molar-refractivity contribution in [3.63, 3.8) is 0 Å². The van der Waals surface area contributed by atoms with Crippen LogP contribution in [-0.4, -0.2) is 34.5 Å². The first-order valence-corrected chi connectivity index (χ1v) is 5.66. The lowest BCUT2D eigenvalue weighted by atomic mass is 9.93. The van der Waals surface area contributed by atoms with E-state index in [1.165, 1.54) is 4.90 Å². The number of amides is 1. The quantitative estimate of drug-likeness (QED) is 0.860. The molecule has 1 aliphatic heterocycles. The van der Waals surface area contributed by atoms with Gasteiger partial charge in [-0.05, 0) is 12.5 Å². The lowest BCUT2D eigenvalue weighted by Crippen LogP contribution is -2.36. The monoisotopic (exact) mass is 233 g/mol. The molecule has 1 amide bonds. The Morgan fingerprint density at radius 1 is 1.41 bits per heavy atom. The first kappa shape index (κ1) is 11.6. The van der Waals surface area contributed by atoms with Crippen LogP contribution in [0.1, 0.15) is 24.8 Å². The molecule has 0 bridgehead atoms. The van der Waals surface area contributed by atoms with Crippen LogP contribution in [0.25, 0.3) is 0 Å². The Hall–Kier alpha value is -1.84. The topological polar surface area (TPSA) is 57.6 Å². The molecule has 90 valence electrons. The highest BCUT2D eigenvalue weighted by Crippen LogP contribution is 2.33. The van der Waals surface area contributed by atoms with Gasteiger partial charge < -0.3 is 10.0 Å². The minimum atomic E-state index is -0.959. The molecule has 1 saturated heterocycles. The van der Waals surface area contributed by atoms with Crippen LogP contribution in [0.5, 0.6) is 0 Å². The molecule has 1 aromatic carbocycles. The fourth-order valence-corrected chi connectivity index (χ4v) is 2.39. The van der Waals surface area contributed by atoms with Crippen LogP contribution in [0.3, 0.4) is 0 Å². The van der Waals surface area contributed by atoms with Gasteiger partial charge in [0.2, 0.25) is 5.91 Å². The van der Waals surface area contributed by atoms with Crippen molar-refractivity contribution >= 4 is 11.9 Å². The van der Waals surface area contributed by atoms with E-state index in [1.54, 1.807) is 0 Å². The zero-order chi connectivity index (χ0) is 12.4. The molecule has 1 aromatic rings. The van der Waals surface area contributed by atoms with Crippen LogP contribution in [-0.2, 0) is 9.59 Å². The minimum Gasteiger partial charge on any atom is -0.480 e. The Morgan fingerprint density at radius 3 is 2.65 bits per heavy atom. The van der Waals surface area contributed by atoms with E-state index in [4.69, 9.17) is 5.11 Å². The van der Waals surface area contributed by atoms with Gasteiger partial charge >= 0.3 is 5.97 Å². The number of hydrogen-bond donors (Lipinski definition) is 1. The third-order valence-electron chi connectivity index (χ3n) is 3.32. The average Bonchev–Trinajstić information content (AvgIpc) is 2.58. The summed E-state index contributed by atoms with van der Waals surface area (Å²) in [5.74, 6) is -0.935. The molecule has 0 aromatic heterocycles. The van der Waals surface area contributed by atoms with Gasteiger partial charge in [0, 0.05) is 18.4 Å². The van der Waals surface area contributed by atoms with Gasteiger partial charge in [0.15, 0.2) is 0 Å². The van der Waals surface area contributed by atoms with Gasteiger partial charge in [-0.2, -0.15) is 0 Å². The van der Waals surface area contributed by atoms with Crippen molar-refractivity contribution in [2.24, 2.45) is 0 Å². The van der Waals surface area contributed by atoms with Crippen molar-refractivity contribution in [2.45, 2.75) is 25.3 Å². The second-order valence-corrected chi connectivity index (χ2v) is 4.38. The lowest BCUT2D eigenvalue weighted by Gasteiger charge is -2.23. The second kappa shape index (κ2) is 4.57.